The van der Waals surface area contributed by atoms with Gasteiger partial charge in [-0.1, -0.05) is 26.0 Å². The van der Waals surface area contributed by atoms with Crippen LogP contribution in [0.25, 0.3) is 0 Å². The Hall–Kier alpha value is -2.56. The Balaban J connectivity index is 2.23. The van der Waals surface area contributed by atoms with Crippen molar-refractivity contribution in [2.45, 2.75) is 26.9 Å². The molecule has 0 aliphatic heterocycles. The van der Waals surface area contributed by atoms with Crippen LogP contribution in [0, 0.1) is 5.92 Å². The number of ether oxygens (including phenoxy) is 2. The molecule has 24 heavy (non-hydrogen) atoms. The lowest BCUT2D eigenvalue weighted by atomic mass is 10.1. The summed E-state index contributed by atoms with van der Waals surface area (Å²) >= 11 is 0. The standard InChI is InChI=1S/C19H24N2O3/c1-14(2)19(22)21(13-16-7-5-6-10-20-16)12-15-8-9-17(23-3)18(11-15)24-4/h5-11,14H,12-13H2,1-4H3. The number of pyridine rings is 1. The molecule has 1 heterocycles. The molecule has 0 bridgehead atoms. The fourth-order valence-corrected chi connectivity index (χ4v) is 2.46. The van der Waals surface area contributed by atoms with Gasteiger partial charge in [0.2, 0.25) is 5.91 Å². The highest BCUT2D eigenvalue weighted by atomic mass is 16.5. The van der Waals surface area contributed by atoms with Crippen molar-refractivity contribution in [1.82, 2.24) is 9.88 Å². The van der Waals surface area contributed by atoms with Crippen LogP contribution in [0.15, 0.2) is 42.6 Å². The second kappa shape index (κ2) is 8.34. The second-order valence-electron chi connectivity index (χ2n) is 5.86. The smallest absolute Gasteiger partial charge is 0.225 e. The zero-order valence-electron chi connectivity index (χ0n) is 14.7. The molecular formula is C19H24N2O3. The van der Waals surface area contributed by atoms with Crippen LogP contribution in [0.2, 0.25) is 0 Å². The van der Waals surface area contributed by atoms with Crippen LogP contribution in [0.4, 0.5) is 0 Å². The van der Waals surface area contributed by atoms with E-state index in [0.29, 0.717) is 24.6 Å². The Morgan fingerprint density at radius 1 is 1.08 bits per heavy atom. The van der Waals surface area contributed by atoms with Gasteiger partial charge in [-0.05, 0) is 29.8 Å². The molecule has 1 aromatic carbocycles. The Morgan fingerprint density at radius 3 is 2.42 bits per heavy atom. The number of carbonyl (C=O) groups is 1. The molecule has 5 nitrogen and oxygen atoms in total. The molecule has 0 saturated carbocycles. The van der Waals surface area contributed by atoms with Crippen molar-refractivity contribution in [1.29, 1.82) is 0 Å². The highest BCUT2D eigenvalue weighted by Crippen LogP contribution is 2.28. The number of methoxy groups -OCH3 is 2. The molecule has 2 aromatic rings. The van der Waals surface area contributed by atoms with Gasteiger partial charge < -0.3 is 14.4 Å². The van der Waals surface area contributed by atoms with Gasteiger partial charge in [0.05, 0.1) is 26.5 Å². The minimum atomic E-state index is -0.0751. The number of hydrogen-bond acceptors (Lipinski definition) is 4. The van der Waals surface area contributed by atoms with E-state index in [1.807, 2.05) is 55.1 Å². The van der Waals surface area contributed by atoms with E-state index in [1.165, 1.54) is 0 Å². The first-order valence-electron chi connectivity index (χ1n) is 7.94. The van der Waals surface area contributed by atoms with Crippen molar-refractivity contribution in [2.75, 3.05) is 14.2 Å². The summed E-state index contributed by atoms with van der Waals surface area (Å²) in [6.07, 6.45) is 1.74. The van der Waals surface area contributed by atoms with Gasteiger partial charge in [0.15, 0.2) is 11.5 Å². The maximum atomic E-state index is 12.6. The van der Waals surface area contributed by atoms with E-state index in [9.17, 15) is 4.79 Å². The lowest BCUT2D eigenvalue weighted by Crippen LogP contribution is -2.33. The third-order valence-corrected chi connectivity index (χ3v) is 3.71. The normalized spacial score (nSPS) is 10.5. The SMILES string of the molecule is COc1ccc(CN(Cc2ccccn2)C(=O)C(C)C)cc1OC. The van der Waals surface area contributed by atoms with E-state index in [2.05, 4.69) is 4.98 Å². The third kappa shape index (κ3) is 4.47. The zero-order chi connectivity index (χ0) is 17.5. The fourth-order valence-electron chi connectivity index (χ4n) is 2.46. The summed E-state index contributed by atoms with van der Waals surface area (Å²) in [6, 6.07) is 11.4. The van der Waals surface area contributed by atoms with Crippen molar-refractivity contribution in [3.8, 4) is 11.5 Å². The molecule has 1 aromatic heterocycles. The maximum absolute atomic E-state index is 12.6. The second-order valence-corrected chi connectivity index (χ2v) is 5.86. The number of hydrogen-bond donors (Lipinski definition) is 0. The lowest BCUT2D eigenvalue weighted by Gasteiger charge is -2.25. The van der Waals surface area contributed by atoms with Gasteiger partial charge in [-0.15, -0.1) is 0 Å². The highest BCUT2D eigenvalue weighted by Gasteiger charge is 2.19. The topological polar surface area (TPSA) is 51.7 Å². The van der Waals surface area contributed by atoms with Gasteiger partial charge in [0, 0.05) is 18.7 Å². The summed E-state index contributed by atoms with van der Waals surface area (Å²) in [4.78, 5) is 18.7. The molecule has 0 atom stereocenters. The molecule has 0 fully saturated rings. The summed E-state index contributed by atoms with van der Waals surface area (Å²) < 4.78 is 10.6. The van der Waals surface area contributed by atoms with Gasteiger partial charge in [-0.3, -0.25) is 9.78 Å². The molecule has 0 saturated heterocycles. The van der Waals surface area contributed by atoms with E-state index in [0.717, 1.165) is 11.3 Å². The number of amides is 1. The van der Waals surface area contributed by atoms with Crippen LogP contribution in [0.5, 0.6) is 11.5 Å². The van der Waals surface area contributed by atoms with E-state index >= 15 is 0 Å². The number of nitrogens with zero attached hydrogens (tertiary/aromatic N) is 2. The van der Waals surface area contributed by atoms with Crippen molar-refractivity contribution < 1.29 is 14.3 Å². The van der Waals surface area contributed by atoms with Gasteiger partial charge in [0.1, 0.15) is 0 Å². The summed E-state index contributed by atoms with van der Waals surface area (Å²) in [7, 11) is 3.21. The van der Waals surface area contributed by atoms with Crippen LogP contribution in [0.3, 0.4) is 0 Å². The fraction of sp³-hybridized carbons (Fsp3) is 0.368. The van der Waals surface area contributed by atoms with E-state index in [-0.39, 0.29) is 11.8 Å². The highest BCUT2D eigenvalue weighted by molar-refractivity contribution is 5.78. The first-order valence-corrected chi connectivity index (χ1v) is 7.94. The molecule has 5 heteroatoms. The van der Waals surface area contributed by atoms with Crippen LogP contribution in [0.1, 0.15) is 25.1 Å². The summed E-state index contributed by atoms with van der Waals surface area (Å²) in [5.41, 5.74) is 1.85. The lowest BCUT2D eigenvalue weighted by molar-refractivity contribution is -0.135. The molecule has 1 amide bonds. The first kappa shape index (κ1) is 17.8. The predicted molar refractivity (Wildman–Crippen MR) is 92.9 cm³/mol. The Kier molecular flexibility index (Phi) is 6.18. The minimum Gasteiger partial charge on any atom is -0.493 e. The average molecular weight is 328 g/mol. The number of benzene rings is 1. The van der Waals surface area contributed by atoms with Crippen molar-refractivity contribution in [2.24, 2.45) is 5.92 Å². The number of aromatic nitrogens is 1. The molecule has 0 aliphatic rings. The summed E-state index contributed by atoms with van der Waals surface area (Å²) in [5.74, 6) is 1.35. The molecule has 0 N–H and O–H groups in total. The Morgan fingerprint density at radius 2 is 1.83 bits per heavy atom. The first-order chi connectivity index (χ1) is 11.5. The van der Waals surface area contributed by atoms with Crippen LogP contribution >= 0.6 is 0 Å². The van der Waals surface area contributed by atoms with Crippen LogP contribution in [-0.4, -0.2) is 30.0 Å². The van der Waals surface area contributed by atoms with Gasteiger partial charge in [-0.2, -0.15) is 0 Å². The Labute approximate surface area is 143 Å². The Bertz CT molecular complexity index is 672. The van der Waals surface area contributed by atoms with E-state index in [4.69, 9.17) is 9.47 Å². The third-order valence-electron chi connectivity index (χ3n) is 3.71. The van der Waals surface area contributed by atoms with Crippen LogP contribution in [-0.2, 0) is 17.9 Å². The quantitative estimate of drug-likeness (QED) is 0.783. The summed E-state index contributed by atoms with van der Waals surface area (Å²) in [6.45, 7) is 4.78. The van der Waals surface area contributed by atoms with Crippen molar-refractivity contribution in [3.63, 3.8) is 0 Å². The molecular weight excluding hydrogens is 304 g/mol. The van der Waals surface area contributed by atoms with Gasteiger partial charge in [0.25, 0.3) is 0 Å². The van der Waals surface area contributed by atoms with Crippen molar-refractivity contribution in [3.05, 3.63) is 53.9 Å². The minimum absolute atomic E-state index is 0.0751. The molecule has 0 spiro atoms. The molecule has 0 unspecified atom stereocenters. The number of rotatable bonds is 7. The summed E-state index contributed by atoms with van der Waals surface area (Å²) in [5, 5.41) is 0. The van der Waals surface area contributed by atoms with Crippen molar-refractivity contribution >= 4 is 5.91 Å². The predicted octanol–water partition coefficient (Wildman–Crippen LogP) is 3.28. The van der Waals surface area contributed by atoms with E-state index in [1.54, 1.807) is 20.4 Å². The van der Waals surface area contributed by atoms with E-state index < -0.39 is 0 Å². The zero-order valence-corrected chi connectivity index (χ0v) is 14.7. The average Bonchev–Trinajstić information content (AvgIpc) is 2.61. The number of carbonyl (C=O) groups excluding carboxylic acids is 1. The largest absolute Gasteiger partial charge is 0.493 e. The van der Waals surface area contributed by atoms with Gasteiger partial charge >= 0.3 is 0 Å². The molecule has 128 valence electrons. The molecule has 0 radical (unpaired) electrons. The maximum Gasteiger partial charge on any atom is 0.225 e. The van der Waals surface area contributed by atoms with Crippen LogP contribution < -0.4 is 9.47 Å². The molecule has 2 rings (SSSR count). The molecule has 0 aliphatic carbocycles. The van der Waals surface area contributed by atoms with Gasteiger partial charge in [-0.25, -0.2) is 0 Å². The monoisotopic (exact) mass is 328 g/mol.